The Bertz CT molecular complexity index is 573. The van der Waals surface area contributed by atoms with Crippen molar-refractivity contribution >= 4 is 44.1 Å². The summed E-state index contributed by atoms with van der Waals surface area (Å²) in [4.78, 5) is -0.141. The number of hydrogen-bond acceptors (Lipinski definition) is 5. The maximum atomic E-state index is 10.8. The molecule has 0 bridgehead atoms. The summed E-state index contributed by atoms with van der Waals surface area (Å²) < 4.78 is 21.6. The highest BCUT2D eigenvalue weighted by molar-refractivity contribution is 7.73. The Kier molecular flexibility index (Phi) is 4.12. The van der Waals surface area contributed by atoms with Crippen LogP contribution in [-0.4, -0.2) is 29.6 Å². The van der Waals surface area contributed by atoms with Crippen molar-refractivity contribution in [2.75, 3.05) is 0 Å². The van der Waals surface area contributed by atoms with Crippen LogP contribution in [0.15, 0.2) is 27.9 Å². The summed E-state index contributed by atoms with van der Waals surface area (Å²) in [7, 11) is -2.53. The van der Waals surface area contributed by atoms with Gasteiger partial charge in [0.1, 0.15) is 11.4 Å². The van der Waals surface area contributed by atoms with E-state index in [-0.39, 0.29) is 15.5 Å². The van der Waals surface area contributed by atoms with Gasteiger partial charge in [0, 0.05) is 10.6 Å². The second kappa shape index (κ2) is 5.16. The van der Waals surface area contributed by atoms with E-state index in [4.69, 9.17) is 33.7 Å². The van der Waals surface area contributed by atoms with Gasteiger partial charge in [0.2, 0.25) is 10.3 Å². The van der Waals surface area contributed by atoms with Gasteiger partial charge in [-0.15, -0.1) is 11.6 Å². The van der Waals surface area contributed by atoms with Crippen LogP contribution in [0.25, 0.3) is 0 Å². The molecule has 84 valence electrons. The lowest BCUT2D eigenvalue weighted by molar-refractivity contribution is 0.320. The minimum atomic E-state index is -2.53. The minimum absolute atomic E-state index is 0.0324. The Morgan fingerprint density at radius 3 is 2.62 bits per heavy atom. The summed E-state index contributed by atoms with van der Waals surface area (Å²) in [5, 5.41) is 18.9. The van der Waals surface area contributed by atoms with Crippen molar-refractivity contribution in [3.8, 4) is 6.07 Å². The topological polar surface area (TPSA) is 90.5 Å². The Morgan fingerprint density at radius 2 is 2.19 bits per heavy atom. The fraction of sp³-hybridized carbons (Fsp3) is 0.125. The summed E-state index contributed by atoms with van der Waals surface area (Å²) in [6.45, 7) is 0. The van der Waals surface area contributed by atoms with Gasteiger partial charge in [0.05, 0.1) is 4.86 Å². The van der Waals surface area contributed by atoms with Gasteiger partial charge in [-0.05, 0) is 12.2 Å². The molecular weight excluding hydrogens is 275 g/mol. The largest absolute Gasteiger partial charge is 0.410 e. The van der Waals surface area contributed by atoms with E-state index in [9.17, 15) is 8.42 Å². The first-order valence-electron chi connectivity index (χ1n) is 3.83. The molecule has 1 rings (SSSR count). The number of nitrogens with zero attached hydrogens (tertiary/aromatic N) is 2. The molecule has 0 heterocycles. The molecule has 0 saturated heterocycles. The summed E-state index contributed by atoms with van der Waals surface area (Å²) in [6.07, 6.45) is 2.49. The van der Waals surface area contributed by atoms with Crippen molar-refractivity contribution < 1.29 is 13.6 Å². The summed E-state index contributed by atoms with van der Waals surface area (Å²) in [5.74, 6) is 0. The molecule has 1 aliphatic rings. The Labute approximate surface area is 102 Å². The van der Waals surface area contributed by atoms with Crippen molar-refractivity contribution in [1.29, 1.82) is 5.26 Å². The van der Waals surface area contributed by atoms with Gasteiger partial charge in [-0.3, -0.25) is 0 Å². The number of hydrogen-bond donors (Lipinski definition) is 1. The van der Waals surface area contributed by atoms with Crippen LogP contribution in [0.4, 0.5) is 0 Å². The first-order chi connectivity index (χ1) is 7.52. The van der Waals surface area contributed by atoms with Gasteiger partial charge in [-0.2, -0.15) is 13.7 Å². The lowest BCUT2D eigenvalue weighted by Gasteiger charge is -2.15. The lowest BCUT2D eigenvalue weighted by Crippen LogP contribution is -2.24. The zero-order chi connectivity index (χ0) is 12.3. The predicted molar refractivity (Wildman–Crippen MR) is 60.4 cm³/mol. The number of oxime groups is 1. The fourth-order valence-corrected chi connectivity index (χ4v) is 2.40. The first kappa shape index (κ1) is 12.8. The summed E-state index contributed by atoms with van der Waals surface area (Å²) in [5.41, 5.74) is -0.452. The number of halogens is 2. The normalized spacial score (nSPS) is 20.9. The Morgan fingerprint density at radius 1 is 1.56 bits per heavy atom. The number of rotatable bonds is 1. The Hall–Kier alpha value is -1.29. The van der Waals surface area contributed by atoms with Crippen LogP contribution in [0.5, 0.6) is 0 Å². The molecule has 0 amide bonds. The quantitative estimate of drug-likeness (QED) is 0.255. The van der Waals surface area contributed by atoms with E-state index in [0.717, 1.165) is 0 Å². The second-order valence-corrected chi connectivity index (χ2v) is 4.44. The molecule has 1 N–H and O–H groups in total. The van der Waals surface area contributed by atoms with Gasteiger partial charge in [-0.25, -0.2) is 0 Å². The van der Waals surface area contributed by atoms with E-state index >= 15 is 0 Å². The second-order valence-electron chi connectivity index (χ2n) is 2.65. The average Bonchev–Trinajstić information content (AvgIpc) is 2.23. The molecule has 0 saturated carbocycles. The van der Waals surface area contributed by atoms with Crippen LogP contribution in [0.3, 0.4) is 0 Å². The van der Waals surface area contributed by atoms with Crippen LogP contribution in [0.2, 0.25) is 0 Å². The number of allylic oxidation sites excluding steroid dienone is 4. The van der Waals surface area contributed by atoms with Crippen LogP contribution >= 0.6 is 23.2 Å². The van der Waals surface area contributed by atoms with E-state index < -0.39 is 21.4 Å². The van der Waals surface area contributed by atoms with Gasteiger partial charge in [-0.1, -0.05) is 16.8 Å². The molecular formula is C8H4Cl2N2O3S. The number of nitriles is 1. The highest BCUT2D eigenvalue weighted by Gasteiger charge is 2.28. The molecule has 1 aliphatic carbocycles. The average molecular weight is 279 g/mol. The molecule has 0 aliphatic heterocycles. The van der Waals surface area contributed by atoms with E-state index in [0.29, 0.717) is 0 Å². The van der Waals surface area contributed by atoms with E-state index in [1.165, 1.54) is 12.2 Å². The van der Waals surface area contributed by atoms with E-state index in [1.807, 2.05) is 0 Å². The van der Waals surface area contributed by atoms with Gasteiger partial charge in [0.15, 0.2) is 5.71 Å². The first-order valence-corrected chi connectivity index (χ1v) is 5.72. The third kappa shape index (κ3) is 2.27. The zero-order valence-electron chi connectivity index (χ0n) is 7.55. The van der Waals surface area contributed by atoms with Gasteiger partial charge < -0.3 is 5.21 Å². The molecule has 0 aromatic carbocycles. The highest BCUT2D eigenvalue weighted by Crippen LogP contribution is 2.26. The van der Waals surface area contributed by atoms with Crippen molar-refractivity contribution in [1.82, 2.24) is 0 Å². The van der Waals surface area contributed by atoms with Gasteiger partial charge in [0.25, 0.3) is 0 Å². The third-order valence-corrected chi connectivity index (χ3v) is 3.48. The molecule has 5 nitrogen and oxygen atoms in total. The maximum absolute atomic E-state index is 10.8. The third-order valence-electron chi connectivity index (χ3n) is 1.81. The monoisotopic (exact) mass is 278 g/mol. The van der Waals surface area contributed by atoms with Crippen LogP contribution < -0.4 is 0 Å². The highest BCUT2D eigenvalue weighted by atomic mass is 35.5. The van der Waals surface area contributed by atoms with Crippen molar-refractivity contribution in [2.45, 2.75) is 5.38 Å². The van der Waals surface area contributed by atoms with Crippen LogP contribution in [0.1, 0.15) is 0 Å². The zero-order valence-corrected chi connectivity index (χ0v) is 9.88. The molecule has 1 atom stereocenters. The molecule has 0 aromatic rings. The van der Waals surface area contributed by atoms with Crippen LogP contribution in [-0.2, 0) is 10.3 Å². The SMILES string of the molecule is N#CC(=NO)C1=C(Cl)C=CC(=S(=O)=O)C1Cl. The molecule has 16 heavy (non-hydrogen) atoms. The predicted octanol–water partition coefficient (Wildman–Crippen LogP) is 1.06. The van der Waals surface area contributed by atoms with Crippen molar-refractivity contribution in [3.63, 3.8) is 0 Å². The standard InChI is InChI=1S/C8H4Cl2N2O3S/c9-4-1-2-6(16(14)15)8(10)7(4)5(3-11)12-13/h1-2,8,13H. The smallest absolute Gasteiger partial charge is 0.219 e. The number of alkyl halides is 1. The van der Waals surface area contributed by atoms with E-state index in [2.05, 4.69) is 5.16 Å². The molecule has 8 heteroatoms. The Balaban J connectivity index is 3.45. The summed E-state index contributed by atoms with van der Waals surface area (Å²) >= 11 is 11.6. The lowest BCUT2D eigenvalue weighted by atomic mass is 10.0. The van der Waals surface area contributed by atoms with Crippen molar-refractivity contribution in [2.24, 2.45) is 5.16 Å². The van der Waals surface area contributed by atoms with E-state index in [1.54, 1.807) is 6.07 Å². The summed E-state index contributed by atoms with van der Waals surface area (Å²) in [6, 6.07) is 1.57. The minimum Gasteiger partial charge on any atom is -0.410 e. The molecule has 0 spiro atoms. The fourth-order valence-electron chi connectivity index (χ4n) is 1.10. The van der Waals surface area contributed by atoms with Crippen LogP contribution in [0, 0.1) is 11.3 Å². The maximum Gasteiger partial charge on any atom is 0.219 e. The van der Waals surface area contributed by atoms with Crippen molar-refractivity contribution in [3.05, 3.63) is 22.8 Å². The molecule has 0 aromatic heterocycles. The molecule has 0 fully saturated rings. The van der Waals surface area contributed by atoms with Gasteiger partial charge >= 0.3 is 0 Å². The molecule has 1 unspecified atom stereocenters. The molecule has 0 radical (unpaired) electrons.